The lowest BCUT2D eigenvalue weighted by molar-refractivity contribution is -0.137. The van der Waals surface area contributed by atoms with Crippen molar-refractivity contribution in [1.82, 2.24) is 0 Å². The van der Waals surface area contributed by atoms with Crippen LogP contribution >= 0.6 is 0 Å². The Morgan fingerprint density at radius 3 is 2.96 bits per heavy atom. The average molecular weight is 340 g/mol. The number of ether oxygens (including phenoxy) is 1. The van der Waals surface area contributed by atoms with Crippen molar-refractivity contribution in [3.05, 3.63) is 34.9 Å². The zero-order valence-corrected chi connectivity index (χ0v) is 15.0. The van der Waals surface area contributed by atoms with Crippen LogP contribution in [0.1, 0.15) is 74.0 Å². The molecule has 4 rings (SSSR count). The number of aryl methyl sites for hydroxylation is 1. The lowest BCUT2D eigenvalue weighted by Gasteiger charge is -2.26. The van der Waals surface area contributed by atoms with Crippen molar-refractivity contribution in [2.45, 2.75) is 70.1 Å². The van der Waals surface area contributed by atoms with Crippen LogP contribution in [0.5, 0.6) is 0 Å². The van der Waals surface area contributed by atoms with E-state index >= 15 is 0 Å². The zero-order valence-electron chi connectivity index (χ0n) is 15.0. The Hall–Kier alpha value is -1.64. The van der Waals surface area contributed by atoms with E-state index in [4.69, 9.17) is 4.74 Å². The van der Waals surface area contributed by atoms with E-state index < -0.39 is 0 Å². The molecular formula is C22H28O3. The first-order valence-corrected chi connectivity index (χ1v) is 9.88. The van der Waals surface area contributed by atoms with Crippen LogP contribution in [0.15, 0.2) is 18.2 Å². The largest absolute Gasteiger partial charge is 0.465 e. The molecular weight excluding hydrogens is 312 g/mol. The first-order chi connectivity index (χ1) is 12.2. The van der Waals surface area contributed by atoms with E-state index in [-0.39, 0.29) is 11.4 Å². The van der Waals surface area contributed by atoms with Crippen LogP contribution in [0, 0.1) is 11.3 Å². The number of esters is 1. The smallest absolute Gasteiger partial charge is 0.306 e. The standard InChI is InChI=1S/C22H28O3/c23-10-2-1-3-16-4-5-18-12-19(7-6-17(18)11-16)20-8-9-22(13-20)14-21(24)25-15-22/h6-7,10,12,16,20H,1-5,8-9,11,13-15H2/t16-,20+,22+/m1/s1. The molecule has 2 fully saturated rings. The number of fused-ring (bicyclic) bond motifs is 1. The Kier molecular flexibility index (Phi) is 4.66. The Morgan fingerprint density at radius 2 is 2.16 bits per heavy atom. The first kappa shape index (κ1) is 16.8. The molecule has 0 bridgehead atoms. The number of hydrogen-bond acceptors (Lipinski definition) is 3. The van der Waals surface area contributed by atoms with Crippen LogP contribution in [0.4, 0.5) is 0 Å². The number of benzene rings is 1. The number of aldehydes is 1. The third kappa shape index (κ3) is 3.51. The van der Waals surface area contributed by atoms with Gasteiger partial charge in [0.25, 0.3) is 0 Å². The van der Waals surface area contributed by atoms with Gasteiger partial charge in [0.15, 0.2) is 0 Å². The van der Waals surface area contributed by atoms with Gasteiger partial charge in [0, 0.05) is 11.8 Å². The molecule has 1 aromatic rings. The van der Waals surface area contributed by atoms with Gasteiger partial charge >= 0.3 is 5.97 Å². The molecule has 1 saturated heterocycles. The SMILES string of the molecule is O=CCCC[C@@H]1CCc2cc([C@H]3CC[C@]4(COC(=O)C4)C3)ccc2C1. The van der Waals surface area contributed by atoms with Crippen LogP contribution in [0.25, 0.3) is 0 Å². The minimum absolute atomic E-state index is 0.00767. The summed E-state index contributed by atoms with van der Waals surface area (Å²) < 4.78 is 5.26. The van der Waals surface area contributed by atoms with Gasteiger partial charge in [-0.15, -0.1) is 0 Å². The highest BCUT2D eigenvalue weighted by Crippen LogP contribution is 2.51. The van der Waals surface area contributed by atoms with E-state index in [1.54, 1.807) is 0 Å². The third-order valence-electron chi connectivity index (χ3n) is 6.73. The normalized spacial score (nSPS) is 31.1. The van der Waals surface area contributed by atoms with Crippen molar-refractivity contribution in [3.8, 4) is 0 Å². The fourth-order valence-electron chi connectivity index (χ4n) is 5.27. The van der Waals surface area contributed by atoms with Crippen LogP contribution in [0.2, 0.25) is 0 Å². The van der Waals surface area contributed by atoms with Gasteiger partial charge in [-0.2, -0.15) is 0 Å². The van der Waals surface area contributed by atoms with Gasteiger partial charge in [0.1, 0.15) is 6.29 Å². The molecule has 1 aromatic carbocycles. The lowest BCUT2D eigenvalue weighted by atomic mass is 9.79. The Labute approximate surface area is 150 Å². The van der Waals surface area contributed by atoms with Crippen molar-refractivity contribution in [2.24, 2.45) is 11.3 Å². The van der Waals surface area contributed by atoms with Crippen molar-refractivity contribution in [1.29, 1.82) is 0 Å². The molecule has 1 saturated carbocycles. The number of cyclic esters (lactones) is 1. The molecule has 0 N–H and O–H groups in total. The van der Waals surface area contributed by atoms with Gasteiger partial charge in [0.05, 0.1) is 13.0 Å². The number of carbonyl (C=O) groups is 2. The fraction of sp³-hybridized carbons (Fsp3) is 0.636. The van der Waals surface area contributed by atoms with E-state index in [9.17, 15) is 9.59 Å². The maximum Gasteiger partial charge on any atom is 0.306 e. The van der Waals surface area contributed by atoms with E-state index in [0.29, 0.717) is 25.4 Å². The molecule has 0 unspecified atom stereocenters. The van der Waals surface area contributed by atoms with Crippen molar-refractivity contribution in [3.63, 3.8) is 0 Å². The van der Waals surface area contributed by atoms with E-state index in [1.165, 1.54) is 48.8 Å². The summed E-state index contributed by atoms with van der Waals surface area (Å²) in [5.74, 6) is 1.33. The fourth-order valence-corrected chi connectivity index (χ4v) is 5.27. The summed E-state index contributed by atoms with van der Waals surface area (Å²) in [4.78, 5) is 22.0. The molecule has 2 aliphatic carbocycles. The summed E-state index contributed by atoms with van der Waals surface area (Å²) in [7, 11) is 0. The molecule has 3 heteroatoms. The Morgan fingerprint density at radius 1 is 1.24 bits per heavy atom. The van der Waals surface area contributed by atoms with Crippen LogP contribution in [-0.4, -0.2) is 18.9 Å². The van der Waals surface area contributed by atoms with Gasteiger partial charge in [0.2, 0.25) is 0 Å². The average Bonchev–Trinajstić information content (AvgIpc) is 3.21. The maximum atomic E-state index is 11.5. The summed E-state index contributed by atoms with van der Waals surface area (Å²) in [5.41, 5.74) is 4.64. The van der Waals surface area contributed by atoms with E-state index in [0.717, 1.165) is 31.5 Å². The summed E-state index contributed by atoms with van der Waals surface area (Å²) in [6, 6.07) is 7.12. The van der Waals surface area contributed by atoms with Gasteiger partial charge in [-0.25, -0.2) is 0 Å². The Bertz CT molecular complexity index is 665. The molecule has 0 radical (unpaired) electrons. The minimum atomic E-state index is -0.00767. The lowest BCUT2D eigenvalue weighted by Crippen LogP contribution is -2.17. The predicted octanol–water partition coefficient (Wildman–Crippen LogP) is 4.36. The minimum Gasteiger partial charge on any atom is -0.465 e. The van der Waals surface area contributed by atoms with Gasteiger partial charge in [-0.05, 0) is 79.9 Å². The predicted molar refractivity (Wildman–Crippen MR) is 96.5 cm³/mol. The van der Waals surface area contributed by atoms with Crippen LogP contribution < -0.4 is 0 Å². The molecule has 0 amide bonds. The number of rotatable bonds is 5. The highest BCUT2D eigenvalue weighted by atomic mass is 16.5. The second-order valence-electron chi connectivity index (χ2n) is 8.51. The second-order valence-corrected chi connectivity index (χ2v) is 8.51. The molecule has 3 nitrogen and oxygen atoms in total. The number of hydrogen-bond donors (Lipinski definition) is 0. The molecule has 1 heterocycles. The molecule has 0 aromatic heterocycles. The number of unbranched alkanes of at least 4 members (excludes halogenated alkanes) is 1. The zero-order chi connectivity index (χ0) is 17.3. The summed E-state index contributed by atoms with van der Waals surface area (Å²) >= 11 is 0. The van der Waals surface area contributed by atoms with Crippen LogP contribution in [-0.2, 0) is 27.2 Å². The monoisotopic (exact) mass is 340 g/mol. The topological polar surface area (TPSA) is 43.4 Å². The molecule has 134 valence electrons. The summed E-state index contributed by atoms with van der Waals surface area (Å²) in [6.07, 6.45) is 11.6. The maximum absolute atomic E-state index is 11.5. The molecule has 1 aliphatic heterocycles. The molecule has 25 heavy (non-hydrogen) atoms. The highest BCUT2D eigenvalue weighted by molar-refractivity contribution is 5.72. The van der Waals surface area contributed by atoms with Gasteiger partial charge in [-0.3, -0.25) is 4.79 Å². The third-order valence-corrected chi connectivity index (χ3v) is 6.73. The molecule has 1 spiro atoms. The quantitative estimate of drug-likeness (QED) is 0.454. The number of carbonyl (C=O) groups excluding carboxylic acids is 2. The van der Waals surface area contributed by atoms with Crippen molar-refractivity contribution < 1.29 is 14.3 Å². The highest BCUT2D eigenvalue weighted by Gasteiger charge is 2.46. The van der Waals surface area contributed by atoms with Crippen molar-refractivity contribution in [2.75, 3.05) is 6.61 Å². The van der Waals surface area contributed by atoms with E-state index in [2.05, 4.69) is 18.2 Å². The molecule has 3 atom stereocenters. The van der Waals surface area contributed by atoms with E-state index in [1.807, 2.05) is 0 Å². The summed E-state index contributed by atoms with van der Waals surface area (Å²) in [5, 5.41) is 0. The van der Waals surface area contributed by atoms with Gasteiger partial charge < -0.3 is 9.53 Å². The second kappa shape index (κ2) is 6.93. The summed E-state index contributed by atoms with van der Waals surface area (Å²) in [6.45, 7) is 0.635. The molecule has 3 aliphatic rings. The van der Waals surface area contributed by atoms with Gasteiger partial charge in [-0.1, -0.05) is 18.2 Å². The van der Waals surface area contributed by atoms with Crippen molar-refractivity contribution >= 4 is 12.3 Å². The first-order valence-electron chi connectivity index (χ1n) is 9.88. The Balaban J connectivity index is 1.41. The van der Waals surface area contributed by atoms with Crippen LogP contribution in [0.3, 0.4) is 0 Å².